The van der Waals surface area contributed by atoms with Crippen molar-refractivity contribution in [3.05, 3.63) is 77.5 Å². The van der Waals surface area contributed by atoms with Crippen LogP contribution in [-0.2, 0) is 17.8 Å². The first-order chi connectivity index (χ1) is 11.4. The Bertz CT molecular complexity index is 766. The highest BCUT2D eigenvalue weighted by Gasteiger charge is 2.41. The fourth-order valence-electron chi connectivity index (χ4n) is 2.84. The van der Waals surface area contributed by atoms with Gasteiger partial charge in [-0.1, -0.05) is 54.6 Å². The molecular weight excluding hydrogens is 315 g/mol. The van der Waals surface area contributed by atoms with E-state index in [1.165, 1.54) is 23.9 Å². The zero-order chi connectivity index (χ0) is 17.2. The van der Waals surface area contributed by atoms with E-state index in [0.29, 0.717) is 13.1 Å². The number of carbonyl (C=O) groups excluding carboxylic acids is 1. The Morgan fingerprint density at radius 2 is 1.58 bits per heavy atom. The summed E-state index contributed by atoms with van der Waals surface area (Å²) in [7, 11) is 0. The molecule has 0 unspecified atom stereocenters. The van der Waals surface area contributed by atoms with Crippen molar-refractivity contribution in [2.24, 2.45) is 0 Å². The van der Waals surface area contributed by atoms with Crippen LogP contribution < -0.4 is 0 Å². The third-order valence-corrected chi connectivity index (χ3v) is 4.06. The number of benzene rings is 2. The summed E-state index contributed by atoms with van der Waals surface area (Å²) < 4.78 is 38.9. The maximum absolute atomic E-state index is 13.0. The van der Waals surface area contributed by atoms with Crippen LogP contribution in [0.25, 0.3) is 5.57 Å². The molecule has 0 atom stereocenters. The number of halogens is 3. The number of hydrogen-bond acceptors (Lipinski definition) is 2. The monoisotopic (exact) mass is 331 g/mol. The van der Waals surface area contributed by atoms with Gasteiger partial charge in [0.15, 0.2) is 0 Å². The number of ketones is 1. The molecule has 5 heteroatoms. The zero-order valence-electron chi connectivity index (χ0n) is 12.9. The lowest BCUT2D eigenvalue weighted by molar-refractivity contribution is -0.164. The highest BCUT2D eigenvalue weighted by molar-refractivity contribution is 6.23. The van der Waals surface area contributed by atoms with E-state index in [4.69, 9.17) is 0 Å². The van der Waals surface area contributed by atoms with E-state index in [1.54, 1.807) is 23.1 Å². The molecule has 2 aromatic rings. The Labute approximate surface area is 138 Å². The van der Waals surface area contributed by atoms with Gasteiger partial charge >= 0.3 is 6.18 Å². The largest absolute Gasteiger partial charge is 0.454 e. The minimum Gasteiger partial charge on any atom is -0.372 e. The fourth-order valence-corrected chi connectivity index (χ4v) is 2.84. The van der Waals surface area contributed by atoms with Gasteiger partial charge in [0.25, 0.3) is 5.78 Å². The van der Waals surface area contributed by atoms with E-state index in [-0.39, 0.29) is 11.1 Å². The summed E-state index contributed by atoms with van der Waals surface area (Å²) in [6, 6.07) is 15.8. The van der Waals surface area contributed by atoms with Gasteiger partial charge in [-0.05, 0) is 23.1 Å². The number of hydrogen-bond donors (Lipinski definition) is 0. The Hall–Kier alpha value is -2.56. The molecule has 0 saturated heterocycles. The molecule has 0 fully saturated rings. The summed E-state index contributed by atoms with van der Waals surface area (Å²) in [5.74, 6) is -1.81. The van der Waals surface area contributed by atoms with E-state index in [2.05, 4.69) is 0 Å². The molecule has 0 radical (unpaired) electrons. The average molecular weight is 331 g/mol. The standard InChI is InChI=1S/C19H16F3NO/c20-19(21,22)18(24)17(15-7-2-1-3-8-15)13-23-11-10-14-6-4-5-9-16(14)12-23/h1-9,13H,10-12H2/b17-13-. The summed E-state index contributed by atoms with van der Waals surface area (Å²) in [6.07, 6.45) is -2.80. The van der Waals surface area contributed by atoms with Crippen LogP contribution in [0.5, 0.6) is 0 Å². The van der Waals surface area contributed by atoms with Gasteiger partial charge in [0, 0.05) is 19.3 Å². The van der Waals surface area contributed by atoms with Crippen molar-refractivity contribution in [1.82, 2.24) is 4.90 Å². The van der Waals surface area contributed by atoms with Gasteiger partial charge in [0.1, 0.15) is 0 Å². The maximum atomic E-state index is 13.0. The smallest absolute Gasteiger partial charge is 0.372 e. The van der Waals surface area contributed by atoms with Crippen LogP contribution in [0, 0.1) is 0 Å². The normalized spacial score (nSPS) is 15.1. The van der Waals surface area contributed by atoms with Crippen molar-refractivity contribution in [3.63, 3.8) is 0 Å². The lowest BCUT2D eigenvalue weighted by Crippen LogP contribution is -2.29. The van der Waals surface area contributed by atoms with Gasteiger partial charge in [0.05, 0.1) is 5.57 Å². The topological polar surface area (TPSA) is 20.3 Å². The van der Waals surface area contributed by atoms with Gasteiger partial charge in [-0.3, -0.25) is 4.79 Å². The number of allylic oxidation sites excluding steroid dienone is 1. The van der Waals surface area contributed by atoms with Gasteiger partial charge < -0.3 is 4.90 Å². The molecule has 1 aliphatic heterocycles. The van der Waals surface area contributed by atoms with Crippen LogP contribution in [-0.4, -0.2) is 23.4 Å². The van der Waals surface area contributed by atoms with Crippen LogP contribution >= 0.6 is 0 Å². The average Bonchev–Trinajstić information content (AvgIpc) is 2.59. The third-order valence-electron chi connectivity index (χ3n) is 4.06. The molecule has 1 heterocycles. The molecule has 124 valence electrons. The lowest BCUT2D eigenvalue weighted by atomic mass is 9.98. The Morgan fingerprint density at radius 1 is 0.958 bits per heavy atom. The minimum atomic E-state index is -4.89. The van der Waals surface area contributed by atoms with E-state index in [9.17, 15) is 18.0 Å². The third kappa shape index (κ3) is 3.50. The molecule has 0 aliphatic carbocycles. The molecule has 0 saturated carbocycles. The molecule has 2 nitrogen and oxygen atoms in total. The van der Waals surface area contributed by atoms with Crippen molar-refractivity contribution >= 4 is 11.4 Å². The summed E-state index contributed by atoms with van der Waals surface area (Å²) >= 11 is 0. The van der Waals surface area contributed by atoms with Crippen molar-refractivity contribution in [1.29, 1.82) is 0 Å². The Morgan fingerprint density at radius 3 is 2.25 bits per heavy atom. The second-order valence-corrected chi connectivity index (χ2v) is 5.72. The van der Waals surface area contributed by atoms with Crippen LogP contribution in [0.1, 0.15) is 16.7 Å². The number of fused-ring (bicyclic) bond motifs is 1. The minimum absolute atomic E-state index is 0.277. The molecule has 24 heavy (non-hydrogen) atoms. The number of nitrogens with zero attached hydrogens (tertiary/aromatic N) is 1. The maximum Gasteiger partial charge on any atom is 0.454 e. The molecular formula is C19H16F3NO. The molecule has 0 spiro atoms. The summed E-state index contributed by atoms with van der Waals surface area (Å²) in [5.41, 5.74) is 2.23. The van der Waals surface area contributed by atoms with Gasteiger partial charge in [-0.25, -0.2) is 0 Å². The molecule has 0 bridgehead atoms. The fraction of sp³-hybridized carbons (Fsp3) is 0.211. The Kier molecular flexibility index (Phi) is 4.42. The van der Waals surface area contributed by atoms with Crippen molar-refractivity contribution < 1.29 is 18.0 Å². The number of carbonyl (C=O) groups is 1. The first kappa shape index (κ1) is 16.3. The SMILES string of the molecule is O=C(/C(=C\N1CCc2ccccc2C1)c1ccccc1)C(F)(F)F. The highest BCUT2D eigenvalue weighted by Crippen LogP contribution is 2.28. The van der Waals surface area contributed by atoms with Crippen molar-refractivity contribution in [2.45, 2.75) is 19.1 Å². The number of alkyl halides is 3. The second-order valence-electron chi connectivity index (χ2n) is 5.72. The van der Waals surface area contributed by atoms with Gasteiger partial charge in [-0.15, -0.1) is 0 Å². The van der Waals surface area contributed by atoms with Crippen molar-refractivity contribution in [3.8, 4) is 0 Å². The van der Waals surface area contributed by atoms with Crippen LogP contribution in [0.4, 0.5) is 13.2 Å². The Balaban J connectivity index is 1.94. The molecule has 0 N–H and O–H groups in total. The highest BCUT2D eigenvalue weighted by atomic mass is 19.4. The molecule has 3 rings (SSSR count). The van der Waals surface area contributed by atoms with Gasteiger partial charge in [-0.2, -0.15) is 13.2 Å². The summed E-state index contributed by atoms with van der Waals surface area (Å²) in [4.78, 5) is 13.6. The first-order valence-electron chi connectivity index (χ1n) is 7.65. The van der Waals surface area contributed by atoms with Crippen LogP contribution in [0.3, 0.4) is 0 Å². The van der Waals surface area contributed by atoms with E-state index in [0.717, 1.165) is 12.0 Å². The number of Topliss-reactive ketones (excluding diaryl/α,β-unsaturated/α-hetero) is 1. The lowest BCUT2D eigenvalue weighted by Gasteiger charge is -2.28. The van der Waals surface area contributed by atoms with Crippen molar-refractivity contribution in [2.75, 3.05) is 6.54 Å². The van der Waals surface area contributed by atoms with Crippen LogP contribution in [0.15, 0.2) is 60.8 Å². The van der Waals surface area contributed by atoms with Crippen LogP contribution in [0.2, 0.25) is 0 Å². The predicted molar refractivity (Wildman–Crippen MR) is 86.0 cm³/mol. The molecule has 0 amide bonds. The van der Waals surface area contributed by atoms with E-state index >= 15 is 0 Å². The van der Waals surface area contributed by atoms with E-state index in [1.807, 2.05) is 24.3 Å². The summed E-state index contributed by atoms with van der Waals surface area (Å²) in [6.45, 7) is 1.08. The quantitative estimate of drug-likeness (QED) is 0.785. The predicted octanol–water partition coefficient (Wildman–Crippen LogP) is 4.22. The van der Waals surface area contributed by atoms with Gasteiger partial charge in [0.2, 0.25) is 0 Å². The molecule has 2 aromatic carbocycles. The second kappa shape index (κ2) is 6.51. The van der Waals surface area contributed by atoms with E-state index < -0.39 is 12.0 Å². The zero-order valence-corrected chi connectivity index (χ0v) is 12.9. The first-order valence-corrected chi connectivity index (χ1v) is 7.65. The number of rotatable bonds is 3. The molecule has 0 aromatic heterocycles. The molecule has 1 aliphatic rings. The summed E-state index contributed by atoms with van der Waals surface area (Å²) in [5, 5.41) is 0.